The second kappa shape index (κ2) is 10.1. The van der Waals surface area contributed by atoms with Gasteiger partial charge in [0.2, 0.25) is 0 Å². The van der Waals surface area contributed by atoms with Crippen LogP contribution in [0.15, 0.2) is 60.7 Å². The molecule has 0 saturated heterocycles. The minimum absolute atomic E-state index is 0. The summed E-state index contributed by atoms with van der Waals surface area (Å²) < 4.78 is 9.83. The molecule has 2 aromatic carbocycles. The van der Waals surface area contributed by atoms with Crippen LogP contribution in [-0.2, 0) is 0 Å². The Kier molecular flexibility index (Phi) is 9.52. The third-order valence-corrected chi connectivity index (χ3v) is 1.96. The topological polar surface area (TPSA) is 18.5 Å². The van der Waals surface area contributed by atoms with E-state index in [0.29, 0.717) is 0 Å². The first-order chi connectivity index (χ1) is 7.86. The van der Waals surface area contributed by atoms with Gasteiger partial charge in [0, 0.05) is 0 Å². The SMILES string of the molecule is COc1ccccc1.COc1ccccc1.[PbH2]. The molecule has 17 heavy (non-hydrogen) atoms. The van der Waals surface area contributed by atoms with E-state index in [2.05, 4.69) is 0 Å². The van der Waals surface area contributed by atoms with Gasteiger partial charge in [0.1, 0.15) is 11.5 Å². The first-order valence-electron chi connectivity index (χ1n) is 5.05. The zero-order valence-electron chi connectivity index (χ0n) is 10.3. The maximum absolute atomic E-state index is 4.91. The Balaban J connectivity index is 0.000000284. The van der Waals surface area contributed by atoms with Gasteiger partial charge in [-0.15, -0.1) is 0 Å². The second-order valence-corrected chi connectivity index (χ2v) is 3.03. The standard InChI is InChI=1S/2C7H8O.Pb.2H/c2*1-8-7-5-3-2-4-6-7;;;/h2*2-6H,1H3;;;. The van der Waals surface area contributed by atoms with Gasteiger partial charge in [-0.1, -0.05) is 36.4 Å². The molecule has 0 fully saturated rings. The first kappa shape index (κ1) is 16.0. The first-order valence-corrected chi connectivity index (χ1v) is 5.05. The van der Waals surface area contributed by atoms with E-state index in [0.717, 1.165) is 11.5 Å². The van der Waals surface area contributed by atoms with E-state index in [-0.39, 0.29) is 27.3 Å². The van der Waals surface area contributed by atoms with Crippen molar-refractivity contribution >= 4 is 27.3 Å². The Labute approximate surface area is 123 Å². The van der Waals surface area contributed by atoms with Crippen molar-refractivity contribution in [3.05, 3.63) is 60.7 Å². The van der Waals surface area contributed by atoms with Gasteiger partial charge in [-0.05, 0) is 24.3 Å². The van der Waals surface area contributed by atoms with Crippen molar-refractivity contribution in [3.63, 3.8) is 0 Å². The van der Waals surface area contributed by atoms with Crippen molar-refractivity contribution in [1.29, 1.82) is 0 Å². The van der Waals surface area contributed by atoms with Crippen molar-refractivity contribution in [3.8, 4) is 11.5 Å². The van der Waals surface area contributed by atoms with Crippen LogP contribution in [-0.4, -0.2) is 41.5 Å². The summed E-state index contributed by atoms with van der Waals surface area (Å²) in [4.78, 5) is 0. The number of benzene rings is 2. The molecule has 0 aliphatic carbocycles. The van der Waals surface area contributed by atoms with E-state index < -0.39 is 0 Å². The van der Waals surface area contributed by atoms with Crippen LogP contribution in [0.4, 0.5) is 0 Å². The molecule has 0 saturated carbocycles. The van der Waals surface area contributed by atoms with Crippen molar-refractivity contribution in [1.82, 2.24) is 0 Å². The summed E-state index contributed by atoms with van der Waals surface area (Å²) in [6.45, 7) is 0. The maximum atomic E-state index is 4.91. The predicted octanol–water partition coefficient (Wildman–Crippen LogP) is 2.47. The van der Waals surface area contributed by atoms with Crippen molar-refractivity contribution < 1.29 is 9.47 Å². The van der Waals surface area contributed by atoms with Gasteiger partial charge in [-0.25, -0.2) is 0 Å². The van der Waals surface area contributed by atoms with Gasteiger partial charge in [-0.2, -0.15) is 0 Å². The van der Waals surface area contributed by atoms with Crippen LogP contribution in [0.1, 0.15) is 0 Å². The van der Waals surface area contributed by atoms with Gasteiger partial charge in [0.05, 0.1) is 14.2 Å². The Hall–Kier alpha value is -1.04. The summed E-state index contributed by atoms with van der Waals surface area (Å²) in [6, 6.07) is 19.4. The molecule has 0 aliphatic rings. The van der Waals surface area contributed by atoms with Crippen molar-refractivity contribution in [2.45, 2.75) is 0 Å². The Bertz CT molecular complexity index is 336. The molecule has 0 unspecified atom stereocenters. The summed E-state index contributed by atoms with van der Waals surface area (Å²) >= 11 is 0. The van der Waals surface area contributed by atoms with E-state index in [4.69, 9.17) is 9.47 Å². The monoisotopic (exact) mass is 426 g/mol. The Morgan fingerprint density at radius 3 is 1.06 bits per heavy atom. The average Bonchev–Trinajstić information content (AvgIpc) is 2.41. The summed E-state index contributed by atoms with van der Waals surface area (Å²) in [5, 5.41) is 0. The normalized spacial score (nSPS) is 8.12. The molecule has 0 atom stereocenters. The fourth-order valence-electron chi connectivity index (χ4n) is 1.11. The summed E-state index contributed by atoms with van der Waals surface area (Å²) in [6.07, 6.45) is 0. The number of methoxy groups -OCH3 is 2. The fourth-order valence-corrected chi connectivity index (χ4v) is 1.11. The number of para-hydroxylation sites is 2. The molecule has 2 radical (unpaired) electrons. The summed E-state index contributed by atoms with van der Waals surface area (Å²) in [5.41, 5.74) is 0. The fraction of sp³-hybridized carbons (Fsp3) is 0.143. The summed E-state index contributed by atoms with van der Waals surface area (Å²) in [5.74, 6) is 1.82. The van der Waals surface area contributed by atoms with Crippen LogP contribution in [0, 0.1) is 0 Å². The van der Waals surface area contributed by atoms with Gasteiger partial charge in [0.25, 0.3) is 0 Å². The molecule has 2 rings (SSSR count). The molecule has 0 bridgehead atoms. The molecule has 2 aromatic rings. The van der Waals surface area contributed by atoms with Gasteiger partial charge in [-0.3, -0.25) is 0 Å². The third kappa shape index (κ3) is 6.99. The minimum atomic E-state index is 0. The molecule has 90 valence electrons. The zero-order chi connectivity index (χ0) is 11.6. The third-order valence-electron chi connectivity index (χ3n) is 1.96. The quantitative estimate of drug-likeness (QED) is 0.689. The molecule has 0 aliphatic heterocycles. The van der Waals surface area contributed by atoms with E-state index >= 15 is 0 Å². The van der Waals surface area contributed by atoms with Gasteiger partial charge >= 0.3 is 27.3 Å². The molecule has 0 N–H and O–H groups in total. The van der Waals surface area contributed by atoms with Crippen LogP contribution in [0.25, 0.3) is 0 Å². The van der Waals surface area contributed by atoms with Crippen molar-refractivity contribution in [2.75, 3.05) is 14.2 Å². The van der Waals surface area contributed by atoms with Gasteiger partial charge < -0.3 is 9.47 Å². The Morgan fingerprint density at radius 2 is 0.882 bits per heavy atom. The number of rotatable bonds is 2. The van der Waals surface area contributed by atoms with Crippen LogP contribution < -0.4 is 9.47 Å². The van der Waals surface area contributed by atoms with E-state index in [1.54, 1.807) is 14.2 Å². The molecule has 0 spiro atoms. The van der Waals surface area contributed by atoms with E-state index in [9.17, 15) is 0 Å². The molecule has 0 aromatic heterocycles. The number of hydrogen-bond acceptors (Lipinski definition) is 2. The second-order valence-electron chi connectivity index (χ2n) is 3.03. The van der Waals surface area contributed by atoms with Crippen LogP contribution in [0.5, 0.6) is 11.5 Å². The van der Waals surface area contributed by atoms with Gasteiger partial charge in [0.15, 0.2) is 0 Å². The molecular weight excluding hydrogens is 407 g/mol. The zero-order valence-corrected chi connectivity index (χ0v) is 15.8. The van der Waals surface area contributed by atoms with Crippen molar-refractivity contribution in [2.24, 2.45) is 0 Å². The van der Waals surface area contributed by atoms with Crippen LogP contribution >= 0.6 is 0 Å². The Morgan fingerprint density at radius 1 is 0.588 bits per heavy atom. The average molecular weight is 425 g/mol. The molecule has 2 nitrogen and oxygen atoms in total. The summed E-state index contributed by atoms with van der Waals surface area (Å²) in [7, 11) is 3.32. The van der Waals surface area contributed by atoms with Crippen LogP contribution in [0.2, 0.25) is 0 Å². The molecule has 3 heteroatoms. The molecular formula is C14H18O2Pb. The molecule has 0 heterocycles. The van der Waals surface area contributed by atoms with E-state index in [1.165, 1.54) is 0 Å². The van der Waals surface area contributed by atoms with E-state index in [1.807, 2.05) is 60.7 Å². The molecule has 0 amide bonds. The van der Waals surface area contributed by atoms with Crippen LogP contribution in [0.3, 0.4) is 0 Å². The number of hydrogen-bond donors (Lipinski definition) is 0. The predicted molar refractivity (Wildman–Crippen MR) is 74.5 cm³/mol. The number of ether oxygens (including phenoxy) is 2.